The first kappa shape index (κ1) is 17.1. The molecule has 0 aromatic rings. The Kier molecular flexibility index (Phi) is 5.64. The molecule has 0 radical (unpaired) electrons. The largest absolute Gasteiger partial charge is 0.281 e. The molecule has 2 aliphatic heterocycles. The van der Waals surface area contributed by atoms with Crippen LogP contribution < -0.4 is 4.72 Å². The van der Waals surface area contributed by atoms with Crippen molar-refractivity contribution in [2.75, 3.05) is 32.4 Å². The van der Waals surface area contributed by atoms with Crippen LogP contribution in [0.3, 0.4) is 0 Å². The van der Waals surface area contributed by atoms with Crippen LogP contribution in [0.4, 0.5) is 0 Å². The molecule has 0 amide bonds. The summed E-state index contributed by atoms with van der Waals surface area (Å²) in [5, 5.41) is 0. The van der Waals surface area contributed by atoms with E-state index < -0.39 is 20.2 Å². The third kappa shape index (κ3) is 4.88. The monoisotopic (exact) mass is 339 g/mol. The van der Waals surface area contributed by atoms with Gasteiger partial charge in [-0.3, -0.25) is 0 Å². The van der Waals surface area contributed by atoms with Gasteiger partial charge in [0.05, 0.1) is 6.26 Å². The van der Waals surface area contributed by atoms with E-state index in [0.29, 0.717) is 39.0 Å². The molecular weight excluding hydrogens is 314 g/mol. The second-order valence-corrected chi connectivity index (χ2v) is 9.59. The van der Waals surface area contributed by atoms with E-state index in [2.05, 4.69) is 4.72 Å². The lowest BCUT2D eigenvalue weighted by molar-refractivity contribution is 0.281. The second kappa shape index (κ2) is 6.91. The first-order chi connectivity index (χ1) is 9.79. The maximum absolute atomic E-state index is 12.6. The van der Waals surface area contributed by atoms with Crippen molar-refractivity contribution in [1.82, 2.24) is 13.3 Å². The van der Waals surface area contributed by atoms with E-state index in [0.717, 1.165) is 31.9 Å². The average Bonchev–Trinajstić information content (AvgIpc) is 2.66. The molecule has 2 fully saturated rings. The minimum absolute atomic E-state index is 0.157. The lowest BCUT2D eigenvalue weighted by atomic mass is 10.1. The van der Waals surface area contributed by atoms with Crippen LogP contribution in [0.15, 0.2) is 0 Å². The minimum Gasteiger partial charge on any atom is -0.213 e. The molecule has 2 aliphatic rings. The zero-order chi connectivity index (χ0) is 15.5. The molecule has 0 unspecified atom stereocenters. The summed E-state index contributed by atoms with van der Waals surface area (Å²) >= 11 is 0. The SMILES string of the molecule is CS(=O)(=O)NC1CCN(S(=O)(=O)N2CCCCCC2)CC1. The molecular formula is C12H25N3O4S2. The van der Waals surface area contributed by atoms with Gasteiger partial charge in [0.1, 0.15) is 0 Å². The highest BCUT2D eigenvalue weighted by Crippen LogP contribution is 2.20. The molecule has 0 saturated carbocycles. The number of rotatable bonds is 4. The molecule has 0 spiro atoms. The van der Waals surface area contributed by atoms with Gasteiger partial charge in [0.25, 0.3) is 10.2 Å². The van der Waals surface area contributed by atoms with Crippen molar-refractivity contribution in [3.63, 3.8) is 0 Å². The van der Waals surface area contributed by atoms with Crippen molar-refractivity contribution in [3.8, 4) is 0 Å². The predicted octanol–water partition coefficient (Wildman–Crippen LogP) is 0.121. The van der Waals surface area contributed by atoms with Gasteiger partial charge in [-0.2, -0.15) is 17.0 Å². The van der Waals surface area contributed by atoms with Crippen LogP contribution in [0, 0.1) is 0 Å². The molecule has 0 aliphatic carbocycles. The first-order valence-electron chi connectivity index (χ1n) is 7.51. The van der Waals surface area contributed by atoms with Gasteiger partial charge < -0.3 is 0 Å². The lowest BCUT2D eigenvalue weighted by Crippen LogP contribution is -2.50. The van der Waals surface area contributed by atoms with Crippen LogP contribution in [0.1, 0.15) is 38.5 Å². The van der Waals surface area contributed by atoms with Crippen molar-refractivity contribution in [2.45, 2.75) is 44.6 Å². The van der Waals surface area contributed by atoms with Gasteiger partial charge in [0.2, 0.25) is 10.0 Å². The molecule has 0 bridgehead atoms. The quantitative estimate of drug-likeness (QED) is 0.788. The van der Waals surface area contributed by atoms with Crippen molar-refractivity contribution in [1.29, 1.82) is 0 Å². The number of hydrogen-bond donors (Lipinski definition) is 1. The highest BCUT2D eigenvalue weighted by atomic mass is 32.2. The Morgan fingerprint density at radius 2 is 1.29 bits per heavy atom. The van der Waals surface area contributed by atoms with Crippen molar-refractivity contribution < 1.29 is 16.8 Å². The predicted molar refractivity (Wildman–Crippen MR) is 81.5 cm³/mol. The van der Waals surface area contributed by atoms with E-state index in [9.17, 15) is 16.8 Å². The van der Waals surface area contributed by atoms with Crippen molar-refractivity contribution in [3.05, 3.63) is 0 Å². The highest BCUT2D eigenvalue weighted by Gasteiger charge is 2.33. The zero-order valence-corrected chi connectivity index (χ0v) is 14.1. The molecule has 7 nitrogen and oxygen atoms in total. The van der Waals surface area contributed by atoms with Crippen LogP contribution in [-0.4, -0.2) is 63.9 Å². The van der Waals surface area contributed by atoms with Crippen LogP contribution >= 0.6 is 0 Å². The number of piperidine rings is 1. The highest BCUT2D eigenvalue weighted by molar-refractivity contribution is 7.88. The normalized spacial score (nSPS) is 24.8. The molecule has 2 rings (SSSR count). The van der Waals surface area contributed by atoms with Gasteiger partial charge in [-0.15, -0.1) is 0 Å². The van der Waals surface area contributed by atoms with Gasteiger partial charge >= 0.3 is 0 Å². The average molecular weight is 339 g/mol. The summed E-state index contributed by atoms with van der Waals surface area (Å²) in [6.07, 6.45) is 6.21. The summed E-state index contributed by atoms with van der Waals surface area (Å²) in [6.45, 7) is 1.96. The van der Waals surface area contributed by atoms with E-state index in [4.69, 9.17) is 0 Å². The Bertz CT molecular complexity index is 531. The van der Waals surface area contributed by atoms with E-state index >= 15 is 0 Å². The molecule has 2 saturated heterocycles. The molecule has 0 aromatic heterocycles. The number of nitrogens with zero attached hydrogens (tertiary/aromatic N) is 2. The Balaban J connectivity index is 1.94. The second-order valence-electron chi connectivity index (χ2n) is 5.88. The lowest BCUT2D eigenvalue weighted by Gasteiger charge is -2.34. The maximum Gasteiger partial charge on any atom is 0.281 e. The van der Waals surface area contributed by atoms with E-state index in [1.807, 2.05) is 0 Å². The van der Waals surface area contributed by atoms with Crippen LogP contribution in [-0.2, 0) is 20.2 Å². The van der Waals surface area contributed by atoms with E-state index in [-0.39, 0.29) is 6.04 Å². The Morgan fingerprint density at radius 1 is 0.810 bits per heavy atom. The molecule has 0 aromatic carbocycles. The summed E-state index contributed by atoms with van der Waals surface area (Å²) < 4.78 is 53.3. The molecule has 0 atom stereocenters. The van der Waals surface area contributed by atoms with Gasteiger partial charge in [-0.05, 0) is 25.7 Å². The van der Waals surface area contributed by atoms with Crippen LogP contribution in [0.5, 0.6) is 0 Å². The third-order valence-electron chi connectivity index (χ3n) is 4.05. The summed E-state index contributed by atoms with van der Waals surface area (Å²) in [4.78, 5) is 0. The van der Waals surface area contributed by atoms with Crippen molar-refractivity contribution in [2.24, 2.45) is 0 Å². The van der Waals surface area contributed by atoms with Gasteiger partial charge in [0, 0.05) is 32.2 Å². The Hall–Kier alpha value is -0.220. The third-order valence-corrected chi connectivity index (χ3v) is 6.85. The molecule has 2 heterocycles. The molecule has 21 heavy (non-hydrogen) atoms. The van der Waals surface area contributed by atoms with Gasteiger partial charge in [-0.1, -0.05) is 12.8 Å². The standard InChI is InChI=1S/C12H25N3O4S2/c1-20(16,17)13-12-6-10-15(11-7-12)21(18,19)14-8-4-2-3-5-9-14/h12-13H,2-11H2,1H3. The van der Waals surface area contributed by atoms with E-state index in [1.54, 1.807) is 4.31 Å². The van der Waals surface area contributed by atoms with Gasteiger partial charge in [0.15, 0.2) is 0 Å². The molecule has 124 valence electrons. The van der Waals surface area contributed by atoms with Gasteiger partial charge in [-0.25, -0.2) is 13.1 Å². The summed E-state index contributed by atoms with van der Waals surface area (Å²) in [6, 6.07) is -0.157. The van der Waals surface area contributed by atoms with E-state index in [1.165, 1.54) is 4.31 Å². The minimum atomic E-state index is -3.39. The fourth-order valence-electron chi connectivity index (χ4n) is 2.94. The summed E-state index contributed by atoms with van der Waals surface area (Å²) in [5.41, 5.74) is 0. The topological polar surface area (TPSA) is 86.8 Å². The number of hydrogen-bond acceptors (Lipinski definition) is 4. The number of nitrogens with one attached hydrogen (secondary N) is 1. The smallest absolute Gasteiger partial charge is 0.213 e. The summed E-state index contributed by atoms with van der Waals surface area (Å²) in [5.74, 6) is 0. The fraction of sp³-hybridized carbons (Fsp3) is 1.00. The Morgan fingerprint density at radius 3 is 1.76 bits per heavy atom. The van der Waals surface area contributed by atoms with Crippen LogP contribution in [0.25, 0.3) is 0 Å². The molecule has 1 N–H and O–H groups in total. The fourth-order valence-corrected chi connectivity index (χ4v) is 5.50. The van der Waals surface area contributed by atoms with Crippen molar-refractivity contribution >= 4 is 20.2 Å². The maximum atomic E-state index is 12.6. The molecule has 9 heteroatoms. The Labute approximate surface area is 127 Å². The zero-order valence-electron chi connectivity index (χ0n) is 12.5. The first-order valence-corrected chi connectivity index (χ1v) is 10.8. The number of sulfonamides is 1. The summed E-state index contributed by atoms with van der Waals surface area (Å²) in [7, 11) is -6.62. The van der Waals surface area contributed by atoms with Crippen LogP contribution in [0.2, 0.25) is 0 Å².